The molecule has 0 unspecified atom stereocenters. The van der Waals surface area contributed by atoms with E-state index in [1.807, 2.05) is 24.3 Å². The van der Waals surface area contributed by atoms with Crippen LogP contribution in [-0.2, 0) is 26.0 Å². The molecule has 9 nitrogen and oxygen atoms in total. The van der Waals surface area contributed by atoms with E-state index in [1.165, 1.54) is 20.0 Å². The van der Waals surface area contributed by atoms with Crippen molar-refractivity contribution >= 4 is 33.2 Å². The number of benzene rings is 2. The van der Waals surface area contributed by atoms with Gasteiger partial charge in [0.05, 0.1) is 18.6 Å². The Hall–Kier alpha value is -3.11. The normalized spacial score (nSPS) is 16.3. The smallest absolute Gasteiger partial charge is 0.243 e. The fourth-order valence-corrected chi connectivity index (χ4v) is 5.81. The highest BCUT2D eigenvalue weighted by molar-refractivity contribution is 7.89. The number of sulfonamides is 1. The predicted octanol–water partition coefficient (Wildman–Crippen LogP) is 1.96. The molecule has 2 aromatic carbocycles. The molecule has 2 aliphatic heterocycles. The molecule has 188 valence electrons. The summed E-state index contributed by atoms with van der Waals surface area (Å²) in [6.07, 6.45) is 1.49. The van der Waals surface area contributed by atoms with Crippen LogP contribution in [0.4, 0.5) is 11.4 Å². The number of ether oxygens (including phenoxy) is 1. The number of carbonyl (C=O) groups excluding carboxylic acids is 2. The number of methoxy groups -OCH3 is 1. The molecule has 10 heteroatoms. The number of amides is 2. The number of aryl methyl sites for hydroxylation is 1. The molecule has 2 amide bonds. The SMILES string of the molecule is COc1cccc(N2CCN(C(=O)CN(C)S(=O)(=O)c3ccc4c(c3)CCCN4C(C)=O)CC2)c1. The van der Waals surface area contributed by atoms with E-state index in [0.717, 1.165) is 33.4 Å². The Morgan fingerprint density at radius 1 is 1.03 bits per heavy atom. The second-order valence-electron chi connectivity index (χ2n) is 8.90. The Morgan fingerprint density at radius 2 is 1.77 bits per heavy atom. The standard InChI is InChI=1S/C25H32N4O5S/c1-19(30)29-11-5-6-20-16-23(9-10-24(20)29)35(32,33)26(2)18-25(31)28-14-12-27(13-15-28)21-7-4-8-22(17-21)34-3/h4,7-10,16-17H,5-6,11-15,18H2,1-3H3. The fourth-order valence-electron chi connectivity index (χ4n) is 4.64. The van der Waals surface area contributed by atoms with E-state index in [-0.39, 0.29) is 23.3 Å². The van der Waals surface area contributed by atoms with Gasteiger partial charge in [0.25, 0.3) is 0 Å². The monoisotopic (exact) mass is 500 g/mol. The van der Waals surface area contributed by atoms with Gasteiger partial charge in [-0.25, -0.2) is 8.42 Å². The maximum absolute atomic E-state index is 13.2. The van der Waals surface area contributed by atoms with E-state index in [1.54, 1.807) is 29.0 Å². The molecule has 1 saturated heterocycles. The quantitative estimate of drug-likeness (QED) is 0.603. The minimum Gasteiger partial charge on any atom is -0.497 e. The molecule has 2 heterocycles. The van der Waals surface area contributed by atoms with Gasteiger partial charge >= 0.3 is 0 Å². The van der Waals surface area contributed by atoms with Gasteiger partial charge in [0.15, 0.2) is 0 Å². The average Bonchev–Trinajstić information content (AvgIpc) is 2.87. The third kappa shape index (κ3) is 5.28. The average molecular weight is 501 g/mol. The third-order valence-corrected chi connectivity index (χ3v) is 8.47. The van der Waals surface area contributed by atoms with Crippen LogP contribution in [0.3, 0.4) is 0 Å². The molecule has 0 N–H and O–H groups in total. The number of rotatable bonds is 6. The molecule has 0 saturated carbocycles. The Bertz CT molecular complexity index is 1210. The van der Waals surface area contributed by atoms with Crippen LogP contribution in [0, 0.1) is 0 Å². The van der Waals surface area contributed by atoms with Gasteiger partial charge in [-0.15, -0.1) is 0 Å². The topological polar surface area (TPSA) is 90.5 Å². The minimum atomic E-state index is -3.85. The van der Waals surface area contributed by atoms with Crippen molar-refractivity contribution in [3.63, 3.8) is 0 Å². The van der Waals surface area contributed by atoms with Gasteiger partial charge in [-0.3, -0.25) is 9.59 Å². The molecule has 0 aliphatic carbocycles. The third-order valence-electron chi connectivity index (χ3n) is 6.67. The van der Waals surface area contributed by atoms with E-state index in [9.17, 15) is 18.0 Å². The second kappa shape index (κ2) is 10.2. The molecular weight excluding hydrogens is 468 g/mol. The first kappa shape index (κ1) is 25.0. The lowest BCUT2D eigenvalue weighted by molar-refractivity contribution is -0.131. The number of likely N-dealkylation sites (N-methyl/N-ethyl adjacent to an activating group) is 1. The summed E-state index contributed by atoms with van der Waals surface area (Å²) in [7, 11) is -0.786. The highest BCUT2D eigenvalue weighted by Gasteiger charge is 2.29. The highest BCUT2D eigenvalue weighted by atomic mass is 32.2. The summed E-state index contributed by atoms with van der Waals surface area (Å²) >= 11 is 0. The molecule has 4 rings (SSSR count). The molecule has 0 bridgehead atoms. The Labute approximate surface area is 206 Å². The highest BCUT2D eigenvalue weighted by Crippen LogP contribution is 2.30. The summed E-state index contributed by atoms with van der Waals surface area (Å²) in [5, 5.41) is 0. The Morgan fingerprint density at radius 3 is 2.46 bits per heavy atom. The first-order chi connectivity index (χ1) is 16.7. The van der Waals surface area contributed by atoms with Crippen molar-refractivity contribution in [2.75, 3.05) is 63.2 Å². The first-order valence-corrected chi connectivity index (χ1v) is 13.2. The van der Waals surface area contributed by atoms with Gasteiger partial charge in [-0.2, -0.15) is 4.31 Å². The van der Waals surface area contributed by atoms with E-state index >= 15 is 0 Å². The zero-order valence-corrected chi connectivity index (χ0v) is 21.3. The van der Waals surface area contributed by atoms with Gasteiger partial charge in [0.2, 0.25) is 21.8 Å². The second-order valence-corrected chi connectivity index (χ2v) is 10.9. The summed E-state index contributed by atoms with van der Waals surface area (Å²) in [5.41, 5.74) is 2.63. The number of nitrogens with zero attached hydrogens (tertiary/aromatic N) is 4. The lowest BCUT2D eigenvalue weighted by atomic mass is 10.0. The van der Waals surface area contributed by atoms with Gasteiger partial charge < -0.3 is 19.4 Å². The molecule has 1 fully saturated rings. The summed E-state index contributed by atoms with van der Waals surface area (Å²) in [6.45, 7) is 4.27. The van der Waals surface area contributed by atoms with Crippen molar-refractivity contribution in [2.45, 2.75) is 24.7 Å². The maximum atomic E-state index is 13.2. The zero-order chi connectivity index (χ0) is 25.2. The molecular formula is C25H32N4O5S. The van der Waals surface area contributed by atoms with E-state index < -0.39 is 10.0 Å². The Balaban J connectivity index is 1.39. The molecule has 0 atom stereocenters. The van der Waals surface area contributed by atoms with Crippen LogP contribution in [0.25, 0.3) is 0 Å². The van der Waals surface area contributed by atoms with Crippen molar-refractivity contribution in [3.8, 4) is 5.75 Å². The number of carbonyl (C=O) groups is 2. The van der Waals surface area contributed by atoms with Crippen LogP contribution in [0.15, 0.2) is 47.4 Å². The van der Waals surface area contributed by atoms with Gasteiger partial charge in [0, 0.05) is 64.1 Å². The van der Waals surface area contributed by atoms with Crippen LogP contribution in [0.5, 0.6) is 5.75 Å². The Kier molecular flexibility index (Phi) is 7.32. The molecule has 35 heavy (non-hydrogen) atoms. The number of anilines is 2. The molecule has 2 aromatic rings. The number of hydrogen-bond acceptors (Lipinski definition) is 6. The fraction of sp³-hybridized carbons (Fsp3) is 0.440. The summed E-state index contributed by atoms with van der Waals surface area (Å²) in [6, 6.07) is 12.6. The van der Waals surface area contributed by atoms with Gasteiger partial charge in [-0.1, -0.05) is 6.07 Å². The number of hydrogen-bond donors (Lipinski definition) is 0. The summed E-state index contributed by atoms with van der Waals surface area (Å²) in [4.78, 5) is 30.5. The largest absolute Gasteiger partial charge is 0.497 e. The molecule has 2 aliphatic rings. The zero-order valence-electron chi connectivity index (χ0n) is 20.4. The van der Waals surface area contributed by atoms with Gasteiger partial charge in [-0.05, 0) is 48.7 Å². The maximum Gasteiger partial charge on any atom is 0.243 e. The van der Waals surface area contributed by atoms with Crippen LogP contribution < -0.4 is 14.5 Å². The molecule has 0 radical (unpaired) electrons. The van der Waals surface area contributed by atoms with E-state index in [2.05, 4.69) is 4.90 Å². The molecule has 0 spiro atoms. The van der Waals surface area contributed by atoms with Crippen LogP contribution in [0.1, 0.15) is 18.9 Å². The predicted molar refractivity (Wildman–Crippen MR) is 134 cm³/mol. The summed E-state index contributed by atoms with van der Waals surface area (Å²) in [5.74, 6) is 0.502. The van der Waals surface area contributed by atoms with Crippen LogP contribution >= 0.6 is 0 Å². The van der Waals surface area contributed by atoms with Crippen LogP contribution in [-0.4, -0.2) is 82.9 Å². The number of piperazine rings is 1. The van der Waals surface area contributed by atoms with Crippen LogP contribution in [0.2, 0.25) is 0 Å². The van der Waals surface area contributed by atoms with Crippen molar-refractivity contribution in [1.82, 2.24) is 9.21 Å². The molecule has 0 aromatic heterocycles. The van der Waals surface area contributed by atoms with E-state index in [4.69, 9.17) is 4.74 Å². The minimum absolute atomic E-state index is 0.0595. The first-order valence-electron chi connectivity index (χ1n) is 11.7. The lowest BCUT2D eigenvalue weighted by Gasteiger charge is -2.36. The van der Waals surface area contributed by atoms with Crippen molar-refractivity contribution < 1.29 is 22.7 Å². The van der Waals surface area contributed by atoms with Crippen molar-refractivity contribution in [1.29, 1.82) is 0 Å². The van der Waals surface area contributed by atoms with Crippen molar-refractivity contribution in [2.24, 2.45) is 0 Å². The van der Waals surface area contributed by atoms with Crippen molar-refractivity contribution in [3.05, 3.63) is 48.0 Å². The summed E-state index contributed by atoms with van der Waals surface area (Å²) < 4.78 is 32.8. The number of fused-ring (bicyclic) bond motifs is 1. The van der Waals surface area contributed by atoms with Gasteiger partial charge in [0.1, 0.15) is 5.75 Å². The lowest BCUT2D eigenvalue weighted by Crippen LogP contribution is -2.51. The van der Waals surface area contributed by atoms with E-state index in [0.29, 0.717) is 39.1 Å².